The lowest BCUT2D eigenvalue weighted by Crippen LogP contribution is -2.24. The average Bonchev–Trinajstić information content (AvgIpc) is 3.04. The van der Waals surface area contributed by atoms with E-state index in [2.05, 4.69) is 24.4 Å². The maximum absolute atomic E-state index is 11.9. The van der Waals surface area contributed by atoms with Crippen LogP contribution in [0.15, 0.2) is 41.0 Å². The maximum atomic E-state index is 11.9. The van der Waals surface area contributed by atoms with Gasteiger partial charge in [-0.25, -0.2) is 0 Å². The van der Waals surface area contributed by atoms with Crippen LogP contribution < -0.4 is 15.8 Å². The van der Waals surface area contributed by atoms with Gasteiger partial charge in [-0.05, 0) is 36.1 Å². The third-order valence-electron chi connectivity index (χ3n) is 3.66. The molecule has 0 fully saturated rings. The van der Waals surface area contributed by atoms with E-state index in [1.165, 1.54) is 11.8 Å². The first-order chi connectivity index (χ1) is 10.6. The van der Waals surface area contributed by atoms with Crippen molar-refractivity contribution in [1.82, 2.24) is 5.32 Å². The van der Waals surface area contributed by atoms with Gasteiger partial charge in [0.05, 0.1) is 19.2 Å². The second-order valence-electron chi connectivity index (χ2n) is 5.22. The van der Waals surface area contributed by atoms with E-state index in [9.17, 15) is 4.79 Å². The van der Waals surface area contributed by atoms with Crippen LogP contribution in [0.2, 0.25) is 0 Å². The summed E-state index contributed by atoms with van der Waals surface area (Å²) in [4.78, 5) is 11.9. The highest BCUT2D eigenvalue weighted by atomic mass is 35.5. The van der Waals surface area contributed by atoms with Gasteiger partial charge >= 0.3 is 0 Å². The van der Waals surface area contributed by atoms with Gasteiger partial charge in [0.2, 0.25) is 0 Å². The lowest BCUT2D eigenvalue weighted by molar-refractivity contribution is 0.0952. The largest absolute Gasteiger partial charge is 0.497 e. The van der Waals surface area contributed by atoms with Crippen LogP contribution in [0.1, 0.15) is 40.9 Å². The first-order valence-electron chi connectivity index (χ1n) is 7.33. The van der Waals surface area contributed by atoms with E-state index < -0.39 is 0 Å². The molecule has 1 aromatic carbocycles. The van der Waals surface area contributed by atoms with Gasteiger partial charge in [0.15, 0.2) is 0 Å². The second-order valence-corrected chi connectivity index (χ2v) is 5.22. The van der Waals surface area contributed by atoms with Crippen LogP contribution in [0.5, 0.6) is 5.75 Å². The lowest BCUT2D eigenvalue weighted by Gasteiger charge is -2.12. The molecule has 1 atom stereocenters. The minimum Gasteiger partial charge on any atom is -0.497 e. The predicted molar refractivity (Wildman–Crippen MR) is 92.2 cm³/mol. The van der Waals surface area contributed by atoms with Gasteiger partial charge in [0.25, 0.3) is 5.91 Å². The van der Waals surface area contributed by atoms with E-state index in [1.54, 1.807) is 13.2 Å². The summed E-state index contributed by atoms with van der Waals surface area (Å²) in [5.74, 6) is 1.68. The SMILES string of the molecule is COc1ccc(C(C)CCNC(=O)c2coc(CN)c2)cc1.Cl. The summed E-state index contributed by atoms with van der Waals surface area (Å²) in [5.41, 5.74) is 7.19. The zero-order chi connectivity index (χ0) is 15.9. The van der Waals surface area contributed by atoms with E-state index >= 15 is 0 Å². The molecular formula is C17H23ClN2O3. The highest BCUT2D eigenvalue weighted by molar-refractivity contribution is 5.93. The van der Waals surface area contributed by atoms with Gasteiger partial charge in [-0.2, -0.15) is 0 Å². The smallest absolute Gasteiger partial charge is 0.254 e. The molecule has 2 aromatic rings. The number of methoxy groups -OCH3 is 1. The summed E-state index contributed by atoms with van der Waals surface area (Å²) < 4.78 is 10.3. The minimum atomic E-state index is -0.134. The first kappa shape index (κ1) is 19.1. The van der Waals surface area contributed by atoms with Crippen molar-refractivity contribution in [3.05, 3.63) is 53.5 Å². The third-order valence-corrected chi connectivity index (χ3v) is 3.66. The van der Waals surface area contributed by atoms with Gasteiger partial charge < -0.3 is 20.2 Å². The molecule has 1 heterocycles. The van der Waals surface area contributed by atoms with Gasteiger partial charge in [0, 0.05) is 6.54 Å². The van der Waals surface area contributed by atoms with Crippen LogP contribution in [-0.2, 0) is 6.54 Å². The topological polar surface area (TPSA) is 77.5 Å². The van der Waals surface area contributed by atoms with Gasteiger partial charge in [-0.3, -0.25) is 4.79 Å². The first-order valence-corrected chi connectivity index (χ1v) is 7.33. The van der Waals surface area contributed by atoms with Crippen LogP contribution in [0.25, 0.3) is 0 Å². The Morgan fingerprint density at radius 2 is 2.04 bits per heavy atom. The van der Waals surface area contributed by atoms with E-state index in [4.69, 9.17) is 14.9 Å². The Balaban J connectivity index is 0.00000264. The number of nitrogens with one attached hydrogen (secondary N) is 1. The number of carbonyl (C=O) groups is 1. The molecule has 0 aliphatic heterocycles. The van der Waals surface area contributed by atoms with Crippen molar-refractivity contribution in [2.24, 2.45) is 5.73 Å². The highest BCUT2D eigenvalue weighted by Crippen LogP contribution is 2.21. The molecule has 0 saturated carbocycles. The highest BCUT2D eigenvalue weighted by Gasteiger charge is 2.10. The zero-order valence-corrected chi connectivity index (χ0v) is 14.2. The number of carbonyl (C=O) groups excluding carboxylic acids is 1. The molecule has 0 aliphatic carbocycles. The van der Waals surface area contributed by atoms with Crippen LogP contribution in [0.4, 0.5) is 0 Å². The van der Waals surface area contributed by atoms with Crippen molar-refractivity contribution < 1.29 is 13.9 Å². The molecule has 3 N–H and O–H groups in total. The Morgan fingerprint density at radius 3 is 2.61 bits per heavy atom. The molecule has 5 nitrogen and oxygen atoms in total. The molecule has 6 heteroatoms. The second kappa shape index (κ2) is 9.22. The third kappa shape index (κ3) is 5.30. The van der Waals surface area contributed by atoms with E-state index in [0.29, 0.717) is 30.3 Å². The van der Waals surface area contributed by atoms with Crippen LogP contribution >= 0.6 is 12.4 Å². The van der Waals surface area contributed by atoms with Crippen LogP contribution in [-0.4, -0.2) is 19.6 Å². The molecule has 2 rings (SSSR count). The molecule has 1 unspecified atom stereocenters. The number of amides is 1. The van der Waals surface area contributed by atoms with E-state index in [0.717, 1.165) is 12.2 Å². The number of nitrogens with two attached hydrogens (primary N) is 1. The van der Waals surface area contributed by atoms with E-state index in [1.807, 2.05) is 12.1 Å². The summed E-state index contributed by atoms with van der Waals surface area (Å²) in [7, 11) is 1.65. The van der Waals surface area contributed by atoms with Crippen molar-refractivity contribution in [2.45, 2.75) is 25.8 Å². The Bertz CT molecular complexity index is 611. The molecule has 0 radical (unpaired) electrons. The number of hydrogen-bond acceptors (Lipinski definition) is 4. The Kier molecular flexibility index (Phi) is 7.65. The Morgan fingerprint density at radius 1 is 1.35 bits per heavy atom. The number of furan rings is 1. The van der Waals surface area contributed by atoms with Gasteiger partial charge in [0.1, 0.15) is 17.8 Å². The number of ether oxygens (including phenoxy) is 1. The van der Waals surface area contributed by atoms with Crippen LogP contribution in [0.3, 0.4) is 0 Å². The van der Waals surface area contributed by atoms with Crippen LogP contribution in [0, 0.1) is 0 Å². The molecule has 1 aromatic heterocycles. The van der Waals surface area contributed by atoms with Crippen molar-refractivity contribution in [1.29, 1.82) is 0 Å². The van der Waals surface area contributed by atoms with Crippen molar-refractivity contribution in [2.75, 3.05) is 13.7 Å². The lowest BCUT2D eigenvalue weighted by atomic mass is 9.98. The molecule has 0 aliphatic rings. The number of benzene rings is 1. The molecule has 1 amide bonds. The number of halogens is 1. The summed E-state index contributed by atoms with van der Waals surface area (Å²) >= 11 is 0. The monoisotopic (exact) mass is 338 g/mol. The van der Waals surface area contributed by atoms with Crippen molar-refractivity contribution >= 4 is 18.3 Å². The Labute approximate surface area is 142 Å². The molecule has 0 spiro atoms. The summed E-state index contributed by atoms with van der Waals surface area (Å²) in [6, 6.07) is 9.67. The van der Waals surface area contributed by atoms with Crippen molar-refractivity contribution in [3.8, 4) is 5.75 Å². The fourth-order valence-electron chi connectivity index (χ4n) is 2.21. The fourth-order valence-corrected chi connectivity index (χ4v) is 2.21. The average molecular weight is 339 g/mol. The Hall–Kier alpha value is -1.98. The van der Waals surface area contributed by atoms with E-state index in [-0.39, 0.29) is 18.3 Å². The normalized spacial score (nSPS) is 11.4. The standard InChI is InChI=1S/C17H22N2O3.ClH/c1-12(13-3-5-15(21-2)6-4-13)7-8-19-17(20)14-9-16(10-18)22-11-14;/h3-6,9,11-12H,7-8,10,18H2,1-2H3,(H,19,20);1H. The van der Waals surface area contributed by atoms with Gasteiger partial charge in [-0.1, -0.05) is 19.1 Å². The minimum absolute atomic E-state index is 0. The number of hydrogen-bond donors (Lipinski definition) is 2. The molecular weight excluding hydrogens is 316 g/mol. The fraction of sp³-hybridized carbons (Fsp3) is 0.353. The molecule has 0 saturated heterocycles. The maximum Gasteiger partial charge on any atom is 0.254 e. The van der Waals surface area contributed by atoms with Gasteiger partial charge in [-0.15, -0.1) is 12.4 Å². The zero-order valence-electron chi connectivity index (χ0n) is 13.4. The summed E-state index contributed by atoms with van der Waals surface area (Å²) in [5, 5.41) is 2.90. The molecule has 23 heavy (non-hydrogen) atoms. The summed E-state index contributed by atoms with van der Waals surface area (Å²) in [6.45, 7) is 3.04. The predicted octanol–water partition coefficient (Wildman–Crippen LogP) is 3.09. The quantitative estimate of drug-likeness (QED) is 0.813. The summed E-state index contributed by atoms with van der Waals surface area (Å²) in [6.07, 6.45) is 2.30. The molecule has 126 valence electrons. The van der Waals surface area contributed by atoms with Crippen molar-refractivity contribution in [3.63, 3.8) is 0 Å². The number of rotatable bonds is 7. The molecule has 0 bridgehead atoms.